The molecule has 0 spiro atoms. The van der Waals surface area contributed by atoms with E-state index in [0.717, 1.165) is 37.3 Å². The fraction of sp³-hybridized carbons (Fsp3) is 0.450. The maximum atomic E-state index is 12.4. The van der Waals surface area contributed by atoms with Crippen LogP contribution in [0.2, 0.25) is 0 Å². The Hall–Kier alpha value is -1.21. The Balaban J connectivity index is 0.00000320. The van der Waals surface area contributed by atoms with Gasteiger partial charge in [-0.2, -0.15) is 0 Å². The normalized spacial score (nSPS) is 16.8. The summed E-state index contributed by atoms with van der Waals surface area (Å²) in [6, 6.07) is 11.0. The lowest BCUT2D eigenvalue weighted by atomic mass is 10.2. The van der Waals surface area contributed by atoms with Gasteiger partial charge in [0.1, 0.15) is 0 Å². The number of aliphatic imine (C=N–C) groups is 1. The van der Waals surface area contributed by atoms with Gasteiger partial charge in [-0.3, -0.25) is 4.99 Å². The van der Waals surface area contributed by atoms with Crippen molar-refractivity contribution in [3.63, 3.8) is 0 Å². The van der Waals surface area contributed by atoms with Crippen LogP contribution in [0.5, 0.6) is 0 Å². The predicted molar refractivity (Wildman–Crippen MR) is 132 cm³/mol. The zero-order valence-corrected chi connectivity index (χ0v) is 20.9. The molecule has 2 aromatic rings. The number of nitrogens with one attached hydrogen (secondary N) is 3. The molecule has 1 aromatic heterocycles. The summed E-state index contributed by atoms with van der Waals surface area (Å²) in [5, 5.41) is 8.61. The number of halogens is 1. The summed E-state index contributed by atoms with van der Waals surface area (Å²) in [6.07, 6.45) is 2.81. The molecule has 1 fully saturated rings. The molecule has 0 radical (unpaired) electrons. The van der Waals surface area contributed by atoms with E-state index in [1.807, 2.05) is 12.1 Å². The van der Waals surface area contributed by atoms with Crippen LogP contribution in [0.4, 0.5) is 0 Å². The molecule has 0 saturated carbocycles. The second-order valence-corrected chi connectivity index (χ2v) is 9.61. The smallest absolute Gasteiger partial charge is 0.240 e. The third-order valence-electron chi connectivity index (χ3n) is 4.69. The zero-order chi connectivity index (χ0) is 20.5. The Morgan fingerprint density at radius 1 is 1.23 bits per heavy atom. The molecule has 0 amide bonds. The Kier molecular flexibility index (Phi) is 10.5. The number of nitrogens with zero attached hydrogens (tertiary/aromatic N) is 1. The first-order valence-electron chi connectivity index (χ1n) is 9.74. The van der Waals surface area contributed by atoms with E-state index in [4.69, 9.17) is 4.74 Å². The minimum Gasteiger partial charge on any atom is -0.377 e. The lowest BCUT2D eigenvalue weighted by molar-refractivity contribution is 0.114. The molecule has 0 bridgehead atoms. The zero-order valence-electron chi connectivity index (χ0n) is 17.0. The molecule has 1 aliphatic heterocycles. The van der Waals surface area contributed by atoms with Gasteiger partial charge in [0.2, 0.25) is 10.0 Å². The van der Waals surface area contributed by atoms with Gasteiger partial charge in [-0.1, -0.05) is 18.2 Å². The van der Waals surface area contributed by atoms with Crippen molar-refractivity contribution < 1.29 is 13.2 Å². The molecule has 3 rings (SSSR count). The predicted octanol–water partition coefficient (Wildman–Crippen LogP) is 2.73. The number of benzene rings is 1. The van der Waals surface area contributed by atoms with E-state index >= 15 is 0 Å². The average molecular weight is 565 g/mol. The lowest BCUT2D eigenvalue weighted by Crippen LogP contribution is -2.37. The van der Waals surface area contributed by atoms with Crippen molar-refractivity contribution in [2.45, 2.75) is 36.8 Å². The first-order valence-corrected chi connectivity index (χ1v) is 12.1. The highest BCUT2D eigenvalue weighted by atomic mass is 127. The highest BCUT2D eigenvalue weighted by Gasteiger charge is 2.20. The number of guanidine groups is 1. The first-order chi connectivity index (χ1) is 14.1. The van der Waals surface area contributed by atoms with E-state index < -0.39 is 10.0 Å². The van der Waals surface area contributed by atoms with Gasteiger partial charge in [-0.25, -0.2) is 13.1 Å². The minimum atomic E-state index is -3.52. The van der Waals surface area contributed by atoms with Crippen LogP contribution in [0, 0.1) is 0 Å². The molecule has 7 nitrogen and oxygen atoms in total. The fourth-order valence-corrected chi connectivity index (χ4v) is 4.82. The summed E-state index contributed by atoms with van der Waals surface area (Å²) in [5.41, 5.74) is 0.976. The highest BCUT2D eigenvalue weighted by molar-refractivity contribution is 14.0. The lowest BCUT2D eigenvalue weighted by Gasteiger charge is -2.13. The second-order valence-electron chi connectivity index (χ2n) is 6.81. The molecular weight excluding hydrogens is 535 g/mol. The van der Waals surface area contributed by atoms with Crippen molar-refractivity contribution in [1.82, 2.24) is 15.4 Å². The number of sulfonamides is 1. The van der Waals surface area contributed by atoms with E-state index in [1.54, 1.807) is 30.5 Å². The van der Waals surface area contributed by atoms with Crippen LogP contribution in [0.15, 0.2) is 51.7 Å². The van der Waals surface area contributed by atoms with E-state index in [1.165, 1.54) is 4.88 Å². The molecule has 1 atom stereocenters. The summed E-state index contributed by atoms with van der Waals surface area (Å²) in [7, 11) is -1.79. The third kappa shape index (κ3) is 7.80. The van der Waals surface area contributed by atoms with Gasteiger partial charge in [0.15, 0.2) is 5.96 Å². The maximum absolute atomic E-state index is 12.4. The summed E-state index contributed by atoms with van der Waals surface area (Å²) < 4.78 is 32.9. The Morgan fingerprint density at radius 2 is 2.03 bits per heavy atom. The van der Waals surface area contributed by atoms with Crippen molar-refractivity contribution in [2.75, 3.05) is 26.7 Å². The Labute approximate surface area is 199 Å². The third-order valence-corrected chi connectivity index (χ3v) is 7.06. The van der Waals surface area contributed by atoms with Gasteiger partial charge >= 0.3 is 0 Å². The van der Waals surface area contributed by atoms with Gasteiger partial charge in [0.25, 0.3) is 0 Å². The summed E-state index contributed by atoms with van der Waals surface area (Å²) in [5.74, 6) is 0.719. The van der Waals surface area contributed by atoms with Crippen molar-refractivity contribution in [1.29, 1.82) is 0 Å². The average Bonchev–Trinajstić information content (AvgIpc) is 3.43. The fourth-order valence-electron chi connectivity index (χ4n) is 3.04. The van der Waals surface area contributed by atoms with Crippen molar-refractivity contribution in [2.24, 2.45) is 4.99 Å². The van der Waals surface area contributed by atoms with E-state index in [2.05, 4.69) is 37.9 Å². The number of hydrogen-bond acceptors (Lipinski definition) is 5. The molecule has 1 aliphatic rings. The summed E-state index contributed by atoms with van der Waals surface area (Å²) in [6.45, 7) is 2.38. The molecule has 1 aromatic carbocycles. The van der Waals surface area contributed by atoms with Crippen LogP contribution in [0.3, 0.4) is 0 Å². The molecule has 0 aliphatic carbocycles. The quantitative estimate of drug-likeness (QED) is 0.248. The monoisotopic (exact) mass is 564 g/mol. The molecular formula is C20H29IN4O3S2. The molecule has 2 heterocycles. The molecule has 1 unspecified atom stereocenters. The maximum Gasteiger partial charge on any atom is 0.240 e. The molecule has 10 heteroatoms. The SMILES string of the molecule is CN=C(NCCc1cccs1)NCc1ccc(S(=O)(=O)NCC2CCCO2)cc1.I. The minimum absolute atomic E-state index is 0. The van der Waals surface area contributed by atoms with Crippen LogP contribution < -0.4 is 15.4 Å². The number of hydrogen-bond donors (Lipinski definition) is 3. The summed E-state index contributed by atoms with van der Waals surface area (Å²) in [4.78, 5) is 5.81. The van der Waals surface area contributed by atoms with E-state index in [9.17, 15) is 8.42 Å². The Morgan fingerprint density at radius 3 is 2.67 bits per heavy atom. The topological polar surface area (TPSA) is 91.8 Å². The molecule has 3 N–H and O–H groups in total. The first kappa shape index (κ1) is 25.1. The Bertz CT molecular complexity index is 881. The second kappa shape index (κ2) is 12.6. The van der Waals surface area contributed by atoms with Crippen LogP contribution in [-0.2, 0) is 27.7 Å². The molecule has 30 heavy (non-hydrogen) atoms. The molecule has 1 saturated heterocycles. The van der Waals surface area contributed by atoms with Crippen molar-refractivity contribution in [3.05, 3.63) is 52.2 Å². The van der Waals surface area contributed by atoms with E-state index in [0.29, 0.717) is 19.7 Å². The van der Waals surface area contributed by atoms with Crippen LogP contribution >= 0.6 is 35.3 Å². The summed E-state index contributed by atoms with van der Waals surface area (Å²) >= 11 is 1.74. The van der Waals surface area contributed by atoms with E-state index in [-0.39, 0.29) is 35.0 Å². The molecule has 166 valence electrons. The van der Waals surface area contributed by atoms with Gasteiger partial charge in [0, 0.05) is 38.2 Å². The van der Waals surface area contributed by atoms with Gasteiger partial charge < -0.3 is 15.4 Å². The van der Waals surface area contributed by atoms with Crippen molar-refractivity contribution in [3.8, 4) is 0 Å². The van der Waals surface area contributed by atoms with Crippen LogP contribution in [-0.4, -0.2) is 47.2 Å². The van der Waals surface area contributed by atoms with Crippen LogP contribution in [0.25, 0.3) is 0 Å². The van der Waals surface area contributed by atoms with Crippen LogP contribution in [0.1, 0.15) is 23.3 Å². The van der Waals surface area contributed by atoms with Crippen molar-refractivity contribution >= 4 is 51.3 Å². The number of rotatable bonds is 9. The highest BCUT2D eigenvalue weighted by Crippen LogP contribution is 2.14. The van der Waals surface area contributed by atoms with Gasteiger partial charge in [0.05, 0.1) is 11.0 Å². The largest absolute Gasteiger partial charge is 0.377 e. The number of thiophene rings is 1. The van der Waals surface area contributed by atoms with Gasteiger partial charge in [-0.15, -0.1) is 35.3 Å². The van der Waals surface area contributed by atoms with Gasteiger partial charge in [-0.05, 0) is 48.4 Å². The standard InChI is InChI=1S/C20H28N4O3S2.HI/c1-21-20(22-11-10-18-5-3-13-28-18)23-14-16-6-8-19(9-7-16)29(25,26)24-15-17-4-2-12-27-17;/h3,5-9,13,17,24H,2,4,10-12,14-15H2,1H3,(H2,21,22,23);1H. The number of ether oxygens (including phenoxy) is 1.